The first-order valence-corrected chi connectivity index (χ1v) is 16.2. The Hall–Kier alpha value is -3.34. The van der Waals surface area contributed by atoms with E-state index in [2.05, 4.69) is 25.8 Å². The number of azo groups is 2. The molecule has 0 amide bonds. The molecule has 0 heterocycles. The maximum atomic E-state index is 12.3. The van der Waals surface area contributed by atoms with E-state index in [0.717, 1.165) is 5.69 Å². The summed E-state index contributed by atoms with van der Waals surface area (Å²) in [5.41, 5.74) is 2.80. The van der Waals surface area contributed by atoms with Crippen LogP contribution in [0.4, 0.5) is 34.1 Å². The SMILES string of the molecule is O=S(=O)(O)c1cccc(N=Nc2ccc(N=Nc3ccc(Nc4ccccc4)c4c(S(=O)(=O)O)cccc34)c3ccccc23)c1.[NaH].[NaH]. The Morgan fingerprint density at radius 2 is 1.04 bits per heavy atom. The average molecular weight is 686 g/mol. The fourth-order valence-electron chi connectivity index (χ4n) is 4.81. The Kier molecular flexibility index (Phi) is 11.8. The number of anilines is 2. The van der Waals surface area contributed by atoms with Gasteiger partial charge in [-0.05, 0) is 60.7 Å². The van der Waals surface area contributed by atoms with Gasteiger partial charge in [-0.2, -0.15) is 21.9 Å². The summed E-state index contributed by atoms with van der Waals surface area (Å²) in [6.45, 7) is 0. The molecule has 6 rings (SSSR count). The fourth-order valence-corrected chi connectivity index (χ4v) is 6.06. The quantitative estimate of drug-likeness (QED) is 0.0835. The average Bonchev–Trinajstić information content (AvgIpc) is 3.03. The van der Waals surface area contributed by atoms with E-state index in [1.165, 1.54) is 30.3 Å². The molecular formula is C32H25N5Na2O6S2. The van der Waals surface area contributed by atoms with Crippen molar-refractivity contribution < 1.29 is 25.9 Å². The zero-order chi connectivity index (χ0) is 31.6. The predicted octanol–water partition coefficient (Wildman–Crippen LogP) is 7.76. The molecular weight excluding hydrogens is 660 g/mol. The molecule has 0 aromatic heterocycles. The fraction of sp³-hybridized carbons (Fsp3) is 0. The van der Waals surface area contributed by atoms with Crippen molar-refractivity contribution in [3.63, 3.8) is 0 Å². The number of fused-ring (bicyclic) bond motifs is 2. The van der Waals surface area contributed by atoms with Gasteiger partial charge in [-0.25, -0.2) is 0 Å². The van der Waals surface area contributed by atoms with Crippen LogP contribution in [0, 0.1) is 0 Å². The second kappa shape index (κ2) is 15.3. The molecule has 0 atom stereocenters. The summed E-state index contributed by atoms with van der Waals surface area (Å²) >= 11 is 0. The van der Waals surface area contributed by atoms with Gasteiger partial charge in [0.1, 0.15) is 4.90 Å². The number of nitrogens with one attached hydrogen (secondary N) is 1. The molecule has 0 unspecified atom stereocenters. The molecule has 0 fully saturated rings. The van der Waals surface area contributed by atoms with Crippen LogP contribution in [-0.4, -0.2) is 85.1 Å². The Balaban J connectivity index is 0.00000250. The van der Waals surface area contributed by atoms with E-state index in [9.17, 15) is 25.9 Å². The summed E-state index contributed by atoms with van der Waals surface area (Å²) in [6, 6.07) is 33.3. The normalized spacial score (nSPS) is 11.9. The number of hydrogen-bond acceptors (Lipinski definition) is 9. The molecule has 0 aliphatic rings. The molecule has 0 bridgehead atoms. The Bertz CT molecular complexity index is 2370. The third kappa shape index (κ3) is 8.39. The molecule has 0 spiro atoms. The first kappa shape index (κ1) is 36.5. The molecule has 0 saturated heterocycles. The summed E-state index contributed by atoms with van der Waals surface area (Å²) in [7, 11) is -8.96. The van der Waals surface area contributed by atoms with Crippen molar-refractivity contribution in [2.75, 3.05) is 5.32 Å². The third-order valence-corrected chi connectivity index (χ3v) is 8.59. The number of hydrogen-bond donors (Lipinski definition) is 3. The van der Waals surface area contributed by atoms with Gasteiger partial charge in [0.25, 0.3) is 20.2 Å². The molecule has 0 aliphatic carbocycles. The van der Waals surface area contributed by atoms with E-state index < -0.39 is 20.2 Å². The van der Waals surface area contributed by atoms with Gasteiger partial charge >= 0.3 is 59.1 Å². The predicted molar refractivity (Wildman–Crippen MR) is 186 cm³/mol. The van der Waals surface area contributed by atoms with Crippen LogP contribution in [0.2, 0.25) is 0 Å². The van der Waals surface area contributed by atoms with Crippen molar-refractivity contribution in [3.8, 4) is 0 Å². The maximum absolute atomic E-state index is 12.3. The van der Waals surface area contributed by atoms with Crippen molar-refractivity contribution in [2.45, 2.75) is 9.79 Å². The van der Waals surface area contributed by atoms with E-state index in [-0.39, 0.29) is 80.0 Å². The summed E-state index contributed by atoms with van der Waals surface area (Å²) in [6.07, 6.45) is 0. The number of para-hydroxylation sites is 1. The van der Waals surface area contributed by atoms with Gasteiger partial charge in [0.05, 0.1) is 27.6 Å². The van der Waals surface area contributed by atoms with Gasteiger partial charge in [-0.15, -0.1) is 15.3 Å². The van der Waals surface area contributed by atoms with Crippen molar-refractivity contribution >= 4 is 135 Å². The molecule has 15 heteroatoms. The minimum absolute atomic E-state index is 0. The Labute approximate surface area is 314 Å². The first-order valence-electron chi connectivity index (χ1n) is 13.4. The monoisotopic (exact) mass is 685 g/mol. The van der Waals surface area contributed by atoms with Crippen molar-refractivity contribution in [2.24, 2.45) is 20.5 Å². The van der Waals surface area contributed by atoms with Crippen LogP contribution >= 0.6 is 0 Å². The second-order valence-electron chi connectivity index (χ2n) is 9.80. The summed E-state index contributed by atoms with van der Waals surface area (Å²) in [4.78, 5) is -0.558. The van der Waals surface area contributed by atoms with Gasteiger partial charge < -0.3 is 5.32 Å². The zero-order valence-electron chi connectivity index (χ0n) is 23.2. The van der Waals surface area contributed by atoms with Crippen LogP contribution < -0.4 is 5.32 Å². The Morgan fingerprint density at radius 3 is 1.66 bits per heavy atom. The number of rotatable bonds is 8. The molecule has 11 nitrogen and oxygen atoms in total. The second-order valence-corrected chi connectivity index (χ2v) is 12.6. The third-order valence-electron chi connectivity index (χ3n) is 6.84. The van der Waals surface area contributed by atoms with Crippen LogP contribution in [0.25, 0.3) is 21.5 Å². The summed E-state index contributed by atoms with van der Waals surface area (Å²) in [5, 5.41) is 22.7. The van der Waals surface area contributed by atoms with Gasteiger partial charge in [0.15, 0.2) is 0 Å². The summed E-state index contributed by atoms with van der Waals surface area (Å²) in [5.74, 6) is 0. The van der Waals surface area contributed by atoms with Crippen molar-refractivity contribution in [3.05, 3.63) is 121 Å². The van der Waals surface area contributed by atoms with E-state index in [1.54, 1.807) is 36.4 Å². The number of benzene rings is 6. The van der Waals surface area contributed by atoms with E-state index >= 15 is 0 Å². The summed E-state index contributed by atoms with van der Waals surface area (Å²) < 4.78 is 67.0. The van der Waals surface area contributed by atoms with E-state index in [4.69, 9.17) is 0 Å². The molecule has 0 radical (unpaired) electrons. The van der Waals surface area contributed by atoms with Crippen LogP contribution in [0.5, 0.6) is 0 Å². The number of nitrogens with zero attached hydrogens (tertiary/aromatic N) is 4. The van der Waals surface area contributed by atoms with E-state index in [1.807, 2.05) is 54.6 Å². The molecule has 47 heavy (non-hydrogen) atoms. The molecule has 3 N–H and O–H groups in total. The van der Waals surface area contributed by atoms with Crippen molar-refractivity contribution in [1.82, 2.24) is 0 Å². The van der Waals surface area contributed by atoms with Crippen LogP contribution in [0.1, 0.15) is 0 Å². The van der Waals surface area contributed by atoms with Crippen molar-refractivity contribution in [1.29, 1.82) is 0 Å². The topological polar surface area (TPSA) is 170 Å². The molecule has 6 aromatic rings. The standard InChI is InChI=1S/C32H23N5O6S2.2Na.2H/c38-44(39,40)23-11-6-10-22(20-23)34-35-27-16-17-28(25-13-5-4-12-24(25)27)36-37-29-18-19-30(33-21-8-2-1-3-9-21)32-26(29)14-7-15-31(32)45(41,42)43;;;;/h1-20,33H,(H,38,39,40)(H,41,42,43);;;;. The van der Waals surface area contributed by atoms with Crippen LogP contribution in [-0.2, 0) is 20.2 Å². The van der Waals surface area contributed by atoms with Crippen LogP contribution in [0.3, 0.4) is 0 Å². The molecule has 0 aliphatic heterocycles. The van der Waals surface area contributed by atoms with E-state index in [0.29, 0.717) is 38.9 Å². The first-order chi connectivity index (χ1) is 21.6. The van der Waals surface area contributed by atoms with Gasteiger partial charge in [-0.3, -0.25) is 9.11 Å². The van der Waals surface area contributed by atoms with Gasteiger partial charge in [0, 0.05) is 32.9 Å². The Morgan fingerprint density at radius 1 is 0.511 bits per heavy atom. The molecule has 6 aromatic carbocycles. The van der Waals surface area contributed by atoms with Gasteiger partial charge in [-0.1, -0.05) is 60.7 Å². The molecule has 228 valence electrons. The minimum atomic E-state index is -4.57. The molecule has 0 saturated carbocycles. The van der Waals surface area contributed by atoms with Crippen LogP contribution in [0.15, 0.2) is 152 Å². The van der Waals surface area contributed by atoms with Gasteiger partial charge in [0.2, 0.25) is 0 Å². The zero-order valence-corrected chi connectivity index (χ0v) is 24.8.